The zero-order valence-corrected chi connectivity index (χ0v) is 8.71. The Morgan fingerprint density at radius 2 is 2.08 bits per heavy atom. The molecule has 2 heteroatoms. The summed E-state index contributed by atoms with van der Waals surface area (Å²) < 4.78 is 5.59. The van der Waals surface area contributed by atoms with Gasteiger partial charge in [-0.15, -0.1) is 0 Å². The largest absolute Gasteiger partial charge is 0.464 e. The molecular weight excluding hydrogens is 162 g/mol. The van der Waals surface area contributed by atoms with E-state index in [1.807, 2.05) is 12.1 Å². The lowest BCUT2D eigenvalue weighted by Crippen LogP contribution is -2.17. The van der Waals surface area contributed by atoms with Gasteiger partial charge in [0.15, 0.2) is 0 Å². The number of hydrogen-bond acceptors (Lipinski definition) is 2. The Bertz CT molecular complexity index is 254. The molecule has 0 saturated carbocycles. The van der Waals surface area contributed by atoms with Gasteiger partial charge in [0.2, 0.25) is 0 Å². The predicted octanol–water partition coefficient (Wildman–Crippen LogP) is 2.89. The second-order valence-electron chi connectivity index (χ2n) is 3.57. The second kappa shape index (κ2) is 4.47. The summed E-state index contributed by atoms with van der Waals surface area (Å²) in [5, 5.41) is 0. The van der Waals surface area contributed by atoms with Crippen LogP contribution in [-0.4, -0.2) is 0 Å². The lowest BCUT2D eigenvalue weighted by molar-refractivity contribution is 0.364. The van der Waals surface area contributed by atoms with Crippen LogP contribution in [0.1, 0.15) is 44.8 Å². The maximum Gasteiger partial charge on any atom is 0.121 e. The molecule has 2 atom stereocenters. The van der Waals surface area contributed by atoms with Crippen molar-refractivity contribution in [3.8, 4) is 0 Å². The summed E-state index contributed by atoms with van der Waals surface area (Å²) >= 11 is 0. The molecule has 0 aliphatic heterocycles. The van der Waals surface area contributed by atoms with Crippen LogP contribution in [0.4, 0.5) is 0 Å². The molecule has 0 aliphatic rings. The summed E-state index contributed by atoms with van der Waals surface area (Å²) in [6.07, 6.45) is 2.02. The number of rotatable bonds is 4. The minimum absolute atomic E-state index is 0.0466. The highest BCUT2D eigenvalue weighted by Gasteiger charge is 2.16. The Kier molecular flexibility index (Phi) is 3.55. The van der Waals surface area contributed by atoms with Gasteiger partial charge in [0, 0.05) is 6.42 Å². The number of aryl methyl sites for hydroxylation is 1. The minimum Gasteiger partial charge on any atom is -0.464 e. The average Bonchev–Trinajstić information content (AvgIpc) is 2.63. The summed E-state index contributed by atoms with van der Waals surface area (Å²) in [5.74, 6) is 2.43. The van der Waals surface area contributed by atoms with E-state index in [9.17, 15) is 0 Å². The van der Waals surface area contributed by atoms with Gasteiger partial charge in [0.1, 0.15) is 11.5 Å². The topological polar surface area (TPSA) is 39.2 Å². The van der Waals surface area contributed by atoms with Crippen molar-refractivity contribution in [3.63, 3.8) is 0 Å². The van der Waals surface area contributed by atoms with E-state index in [2.05, 4.69) is 20.8 Å². The first-order chi connectivity index (χ1) is 6.19. The molecule has 0 fully saturated rings. The Balaban J connectivity index is 2.70. The molecular formula is C11H19NO. The summed E-state index contributed by atoms with van der Waals surface area (Å²) in [6.45, 7) is 6.38. The van der Waals surface area contributed by atoms with Crippen LogP contribution in [0.3, 0.4) is 0 Å². The van der Waals surface area contributed by atoms with Crippen molar-refractivity contribution in [1.29, 1.82) is 0 Å². The van der Waals surface area contributed by atoms with E-state index in [1.165, 1.54) is 0 Å². The van der Waals surface area contributed by atoms with Crippen LogP contribution in [0.2, 0.25) is 0 Å². The number of hydrogen-bond donors (Lipinski definition) is 1. The van der Waals surface area contributed by atoms with Crippen molar-refractivity contribution in [1.82, 2.24) is 0 Å². The fourth-order valence-corrected chi connectivity index (χ4v) is 1.30. The molecule has 1 unspecified atom stereocenters. The van der Waals surface area contributed by atoms with Crippen LogP contribution < -0.4 is 5.73 Å². The summed E-state index contributed by atoms with van der Waals surface area (Å²) in [7, 11) is 0. The molecule has 0 amide bonds. The Morgan fingerprint density at radius 1 is 1.38 bits per heavy atom. The van der Waals surface area contributed by atoms with E-state index in [-0.39, 0.29) is 6.04 Å². The third-order valence-electron chi connectivity index (χ3n) is 2.62. The van der Waals surface area contributed by atoms with Crippen LogP contribution in [0.25, 0.3) is 0 Å². The molecule has 1 heterocycles. The van der Waals surface area contributed by atoms with Crippen molar-refractivity contribution in [2.45, 2.75) is 39.7 Å². The van der Waals surface area contributed by atoms with Gasteiger partial charge in [-0.25, -0.2) is 0 Å². The first-order valence-electron chi connectivity index (χ1n) is 5.03. The standard InChI is InChI=1S/C11H19NO/c1-4-8(3)11(12)10-7-6-9(5-2)13-10/h6-8,11H,4-5,12H2,1-3H3/t8?,11-/m1/s1. The van der Waals surface area contributed by atoms with Crippen LogP contribution in [0, 0.1) is 5.92 Å². The monoisotopic (exact) mass is 181 g/mol. The highest BCUT2D eigenvalue weighted by Crippen LogP contribution is 2.23. The highest BCUT2D eigenvalue weighted by atomic mass is 16.3. The molecule has 2 nitrogen and oxygen atoms in total. The predicted molar refractivity (Wildman–Crippen MR) is 54.5 cm³/mol. The third-order valence-corrected chi connectivity index (χ3v) is 2.62. The molecule has 0 aliphatic carbocycles. The van der Waals surface area contributed by atoms with Gasteiger partial charge in [-0.05, 0) is 18.1 Å². The van der Waals surface area contributed by atoms with Crippen LogP contribution in [0.15, 0.2) is 16.5 Å². The number of nitrogens with two attached hydrogens (primary N) is 1. The van der Waals surface area contributed by atoms with E-state index in [1.54, 1.807) is 0 Å². The SMILES string of the molecule is CCc1ccc([C@H](N)C(C)CC)o1. The van der Waals surface area contributed by atoms with E-state index in [4.69, 9.17) is 10.2 Å². The third kappa shape index (κ3) is 2.34. The van der Waals surface area contributed by atoms with Crippen molar-refractivity contribution >= 4 is 0 Å². The Labute approximate surface area is 80.1 Å². The van der Waals surface area contributed by atoms with Crippen molar-refractivity contribution < 1.29 is 4.42 Å². The van der Waals surface area contributed by atoms with E-state index < -0.39 is 0 Å². The molecule has 74 valence electrons. The highest BCUT2D eigenvalue weighted by molar-refractivity contribution is 5.10. The molecule has 1 rings (SSSR count). The zero-order chi connectivity index (χ0) is 9.84. The molecule has 13 heavy (non-hydrogen) atoms. The maximum absolute atomic E-state index is 6.02. The van der Waals surface area contributed by atoms with E-state index in [0.717, 1.165) is 24.4 Å². The smallest absolute Gasteiger partial charge is 0.121 e. The molecule has 0 spiro atoms. The fraction of sp³-hybridized carbons (Fsp3) is 0.636. The quantitative estimate of drug-likeness (QED) is 0.775. The van der Waals surface area contributed by atoms with Gasteiger partial charge in [0.25, 0.3) is 0 Å². The van der Waals surface area contributed by atoms with E-state index in [0.29, 0.717) is 5.92 Å². The minimum atomic E-state index is 0.0466. The lowest BCUT2D eigenvalue weighted by atomic mass is 9.98. The molecule has 0 bridgehead atoms. The van der Waals surface area contributed by atoms with Gasteiger partial charge in [0.05, 0.1) is 6.04 Å². The van der Waals surface area contributed by atoms with Crippen LogP contribution >= 0.6 is 0 Å². The molecule has 0 aromatic carbocycles. The fourth-order valence-electron chi connectivity index (χ4n) is 1.30. The normalized spacial score (nSPS) is 15.7. The molecule has 0 saturated heterocycles. The summed E-state index contributed by atoms with van der Waals surface area (Å²) in [5.41, 5.74) is 6.02. The summed E-state index contributed by atoms with van der Waals surface area (Å²) in [4.78, 5) is 0. The van der Waals surface area contributed by atoms with Crippen molar-refractivity contribution in [3.05, 3.63) is 23.7 Å². The molecule has 2 N–H and O–H groups in total. The van der Waals surface area contributed by atoms with Gasteiger partial charge in [-0.3, -0.25) is 0 Å². The number of furan rings is 1. The van der Waals surface area contributed by atoms with Crippen molar-refractivity contribution in [2.75, 3.05) is 0 Å². The summed E-state index contributed by atoms with van der Waals surface area (Å²) in [6, 6.07) is 4.05. The Morgan fingerprint density at radius 3 is 2.54 bits per heavy atom. The van der Waals surface area contributed by atoms with Crippen molar-refractivity contribution in [2.24, 2.45) is 11.7 Å². The van der Waals surface area contributed by atoms with E-state index >= 15 is 0 Å². The molecule has 1 aromatic rings. The van der Waals surface area contributed by atoms with Gasteiger partial charge >= 0.3 is 0 Å². The van der Waals surface area contributed by atoms with Gasteiger partial charge in [-0.1, -0.05) is 27.2 Å². The first kappa shape index (κ1) is 10.3. The van der Waals surface area contributed by atoms with Crippen LogP contribution in [-0.2, 0) is 6.42 Å². The first-order valence-corrected chi connectivity index (χ1v) is 5.03. The van der Waals surface area contributed by atoms with Crippen LogP contribution in [0.5, 0.6) is 0 Å². The Hall–Kier alpha value is -0.760. The zero-order valence-electron chi connectivity index (χ0n) is 8.71. The maximum atomic E-state index is 6.02. The average molecular weight is 181 g/mol. The van der Waals surface area contributed by atoms with Gasteiger partial charge in [-0.2, -0.15) is 0 Å². The second-order valence-corrected chi connectivity index (χ2v) is 3.57. The molecule has 0 radical (unpaired) electrons. The van der Waals surface area contributed by atoms with Gasteiger partial charge < -0.3 is 10.2 Å². The lowest BCUT2D eigenvalue weighted by Gasteiger charge is -2.15. The molecule has 1 aromatic heterocycles.